The third kappa shape index (κ3) is 12.5. The minimum absolute atomic E-state index is 0.111. The zero-order valence-corrected chi connectivity index (χ0v) is 37.4. The number of carbonyl (C=O) groups excluding carboxylic acids is 4. The van der Waals surface area contributed by atoms with Crippen LogP contribution >= 0.6 is 11.3 Å². The van der Waals surface area contributed by atoms with Crippen LogP contribution in [0.3, 0.4) is 0 Å². The number of amides is 4. The van der Waals surface area contributed by atoms with Crippen molar-refractivity contribution in [2.75, 3.05) is 46.4 Å². The molecule has 330 valence electrons. The molecule has 15 heteroatoms. The second-order valence-corrected chi connectivity index (χ2v) is 18.2. The maximum absolute atomic E-state index is 14.0. The Bertz CT molecular complexity index is 2090. The van der Waals surface area contributed by atoms with Gasteiger partial charge in [-0.1, -0.05) is 45.0 Å². The van der Waals surface area contributed by atoms with Crippen LogP contribution in [0.5, 0.6) is 11.5 Å². The molecule has 0 spiro atoms. The van der Waals surface area contributed by atoms with Gasteiger partial charge in [-0.25, -0.2) is 4.98 Å². The van der Waals surface area contributed by atoms with Gasteiger partial charge < -0.3 is 35.2 Å². The number of nitrogens with one attached hydrogen (secondary N) is 4. The molecular formula is C46H64N8O6S. The van der Waals surface area contributed by atoms with Crippen molar-refractivity contribution in [3.05, 3.63) is 58.9 Å². The zero-order valence-electron chi connectivity index (χ0n) is 36.6. The molecule has 0 bridgehead atoms. The van der Waals surface area contributed by atoms with Gasteiger partial charge in [0.2, 0.25) is 23.6 Å². The van der Waals surface area contributed by atoms with E-state index in [1.54, 1.807) is 23.3 Å². The van der Waals surface area contributed by atoms with Crippen molar-refractivity contribution in [1.29, 1.82) is 0 Å². The number of aryl methyl sites for hydroxylation is 2. The van der Waals surface area contributed by atoms with E-state index in [1.165, 1.54) is 25.9 Å². The number of aromatic amines is 1. The summed E-state index contributed by atoms with van der Waals surface area (Å²) in [6, 6.07) is 10.5. The lowest BCUT2D eigenvalue weighted by Gasteiger charge is -2.35. The van der Waals surface area contributed by atoms with E-state index in [4.69, 9.17) is 9.47 Å². The average Bonchev–Trinajstić information content (AvgIpc) is 4.09. The topological polar surface area (TPSA) is 171 Å². The molecule has 4 amide bonds. The average molecular weight is 857 g/mol. The number of aromatic nitrogens is 3. The van der Waals surface area contributed by atoms with Crippen molar-refractivity contribution in [1.82, 2.24) is 40.9 Å². The minimum Gasteiger partial charge on any atom is -0.493 e. The van der Waals surface area contributed by atoms with Crippen molar-refractivity contribution in [3.63, 3.8) is 0 Å². The standard InChI is InChI=1S/C46H64N8O6S/c1-31-42(61-30-49-31)33-19-17-32(18-20-33)29-48-44(57)37-14-11-25-54(37)45(58)43(46(2,3)4)50-41(56)16-10-15-40(55)47-21-7-6-13-35-34-27-38(59-5)39(28-36(34)52-51-35)60-26-12-24-53-22-8-9-23-53/h17-20,27-28,30,37,43H,6-16,21-26,29H2,1-5H3,(H,47,55)(H,48,57)(H,50,56)(H,51,52)/t37-,43+/m0/s1. The van der Waals surface area contributed by atoms with Crippen LogP contribution in [0.1, 0.15) is 102 Å². The van der Waals surface area contributed by atoms with Crippen LogP contribution in [0.15, 0.2) is 41.9 Å². The van der Waals surface area contributed by atoms with Gasteiger partial charge in [-0.3, -0.25) is 24.3 Å². The molecule has 2 saturated heterocycles. The molecule has 61 heavy (non-hydrogen) atoms. The van der Waals surface area contributed by atoms with Crippen molar-refractivity contribution >= 4 is 45.9 Å². The maximum atomic E-state index is 14.0. The molecule has 0 radical (unpaired) electrons. The molecule has 2 fully saturated rings. The van der Waals surface area contributed by atoms with Gasteiger partial charge in [0.15, 0.2) is 11.5 Å². The Hall–Kier alpha value is -5.02. The van der Waals surface area contributed by atoms with E-state index >= 15 is 0 Å². The number of H-pyrrole nitrogens is 1. The van der Waals surface area contributed by atoms with Crippen molar-refractivity contribution in [2.45, 2.75) is 117 Å². The third-order valence-electron chi connectivity index (χ3n) is 11.7. The Morgan fingerprint density at radius 3 is 2.43 bits per heavy atom. The molecule has 0 aliphatic carbocycles. The molecule has 0 saturated carbocycles. The Morgan fingerprint density at radius 2 is 1.70 bits per heavy atom. The largest absolute Gasteiger partial charge is 0.493 e. The number of fused-ring (bicyclic) bond motifs is 1. The fourth-order valence-electron chi connectivity index (χ4n) is 8.17. The predicted molar refractivity (Wildman–Crippen MR) is 238 cm³/mol. The lowest BCUT2D eigenvalue weighted by Crippen LogP contribution is -2.57. The summed E-state index contributed by atoms with van der Waals surface area (Å²) in [5.74, 6) is 0.518. The molecule has 2 atom stereocenters. The second kappa shape index (κ2) is 21.7. The van der Waals surface area contributed by atoms with E-state index in [9.17, 15) is 19.2 Å². The molecule has 4 heterocycles. The Kier molecular flexibility index (Phi) is 16.2. The van der Waals surface area contributed by atoms with E-state index in [-0.39, 0.29) is 36.5 Å². The van der Waals surface area contributed by atoms with E-state index < -0.39 is 17.5 Å². The van der Waals surface area contributed by atoms with Gasteiger partial charge in [0.25, 0.3) is 0 Å². The third-order valence-corrected chi connectivity index (χ3v) is 12.6. The summed E-state index contributed by atoms with van der Waals surface area (Å²) in [6.07, 6.45) is 7.88. The number of benzene rings is 2. The molecule has 14 nitrogen and oxygen atoms in total. The van der Waals surface area contributed by atoms with Crippen LogP contribution in [0.2, 0.25) is 0 Å². The van der Waals surface area contributed by atoms with E-state index in [0.29, 0.717) is 57.0 Å². The van der Waals surface area contributed by atoms with Crippen LogP contribution in [-0.4, -0.2) is 107 Å². The molecule has 0 unspecified atom stereocenters. The highest BCUT2D eigenvalue weighted by Gasteiger charge is 2.41. The highest BCUT2D eigenvalue weighted by Crippen LogP contribution is 2.34. The first-order valence-corrected chi connectivity index (χ1v) is 22.8. The summed E-state index contributed by atoms with van der Waals surface area (Å²) >= 11 is 1.60. The van der Waals surface area contributed by atoms with Crippen LogP contribution in [0.25, 0.3) is 21.3 Å². The first-order chi connectivity index (χ1) is 29.4. The quantitative estimate of drug-likeness (QED) is 0.0701. The normalized spacial score (nSPS) is 16.1. The summed E-state index contributed by atoms with van der Waals surface area (Å²) in [6.45, 7) is 13.1. The number of carbonyl (C=O) groups is 4. The summed E-state index contributed by atoms with van der Waals surface area (Å²) in [4.78, 5) is 62.7. The van der Waals surface area contributed by atoms with E-state index in [1.807, 2.05) is 69.6 Å². The minimum atomic E-state index is -0.817. The molecule has 6 rings (SSSR count). The van der Waals surface area contributed by atoms with Gasteiger partial charge >= 0.3 is 0 Å². The number of methoxy groups -OCH3 is 1. The SMILES string of the molecule is COc1cc2c(CCCCNC(=O)CCCC(=O)N[C@H](C(=O)N3CCC[C@H]3C(=O)NCc3ccc(-c4scnc4C)cc3)C(C)(C)C)[nH]nc2cc1OCCCN1CCCC1. The fourth-order valence-corrected chi connectivity index (χ4v) is 8.99. The first-order valence-electron chi connectivity index (χ1n) is 21.9. The smallest absolute Gasteiger partial charge is 0.246 e. The summed E-state index contributed by atoms with van der Waals surface area (Å²) in [5.41, 5.74) is 6.13. The molecule has 2 aromatic heterocycles. The number of rotatable bonds is 21. The van der Waals surface area contributed by atoms with Gasteiger partial charge in [-0.05, 0) is 100 Å². The Balaban J connectivity index is 0.883. The number of likely N-dealkylation sites (tertiary alicyclic amines) is 2. The summed E-state index contributed by atoms with van der Waals surface area (Å²) in [7, 11) is 1.65. The zero-order chi connectivity index (χ0) is 43.4. The first kappa shape index (κ1) is 45.5. The van der Waals surface area contributed by atoms with Gasteiger partial charge in [-0.2, -0.15) is 5.10 Å². The lowest BCUT2D eigenvalue weighted by molar-refractivity contribution is -0.144. The molecule has 2 aromatic carbocycles. The van der Waals surface area contributed by atoms with Crippen molar-refractivity contribution in [2.24, 2.45) is 5.41 Å². The van der Waals surface area contributed by atoms with Crippen LogP contribution < -0.4 is 25.4 Å². The van der Waals surface area contributed by atoms with Crippen LogP contribution in [-0.2, 0) is 32.1 Å². The van der Waals surface area contributed by atoms with E-state index in [0.717, 1.165) is 70.5 Å². The van der Waals surface area contributed by atoms with Crippen LogP contribution in [0, 0.1) is 12.3 Å². The molecule has 4 N–H and O–H groups in total. The predicted octanol–water partition coefficient (Wildman–Crippen LogP) is 6.32. The number of hydrogen-bond acceptors (Lipinski definition) is 10. The number of hydrogen-bond donors (Lipinski definition) is 4. The van der Waals surface area contributed by atoms with Crippen molar-refractivity contribution < 1.29 is 28.7 Å². The highest BCUT2D eigenvalue weighted by molar-refractivity contribution is 7.13. The van der Waals surface area contributed by atoms with Gasteiger partial charge in [0.1, 0.15) is 12.1 Å². The molecule has 2 aliphatic rings. The van der Waals surface area contributed by atoms with E-state index in [2.05, 4.69) is 36.0 Å². The fraction of sp³-hybridized carbons (Fsp3) is 0.565. The number of unbranched alkanes of at least 4 members (excludes halogenated alkanes) is 1. The highest BCUT2D eigenvalue weighted by atomic mass is 32.1. The Labute approximate surface area is 363 Å². The maximum Gasteiger partial charge on any atom is 0.246 e. The van der Waals surface area contributed by atoms with Gasteiger partial charge in [0.05, 0.1) is 35.3 Å². The van der Waals surface area contributed by atoms with Crippen molar-refractivity contribution in [3.8, 4) is 21.9 Å². The number of nitrogens with zero attached hydrogens (tertiary/aromatic N) is 4. The monoisotopic (exact) mass is 856 g/mol. The number of ether oxygens (including phenoxy) is 2. The summed E-state index contributed by atoms with van der Waals surface area (Å²) < 4.78 is 11.7. The molecule has 4 aromatic rings. The second-order valence-electron chi connectivity index (χ2n) is 17.4. The summed E-state index contributed by atoms with van der Waals surface area (Å²) in [5, 5.41) is 17.6. The number of thiazole rings is 1. The van der Waals surface area contributed by atoms with Crippen LogP contribution in [0.4, 0.5) is 0 Å². The van der Waals surface area contributed by atoms with Gasteiger partial charge in [-0.15, -0.1) is 11.3 Å². The Morgan fingerprint density at radius 1 is 0.934 bits per heavy atom. The molecule has 2 aliphatic heterocycles. The van der Waals surface area contributed by atoms with Gasteiger partial charge in [0, 0.05) is 56.2 Å². The lowest BCUT2D eigenvalue weighted by atomic mass is 9.85. The molecular weight excluding hydrogens is 793 g/mol.